The molecule has 0 atom stereocenters. The highest BCUT2D eigenvalue weighted by molar-refractivity contribution is 7.19. The van der Waals surface area contributed by atoms with Crippen molar-refractivity contribution in [3.8, 4) is 21.0 Å². The summed E-state index contributed by atoms with van der Waals surface area (Å²) in [6.07, 6.45) is 3.92. The number of nitrogens with zero attached hydrogens (tertiary/aromatic N) is 2. The number of thiophene rings is 1. The van der Waals surface area contributed by atoms with E-state index in [4.69, 9.17) is 26.5 Å². The summed E-state index contributed by atoms with van der Waals surface area (Å²) in [6, 6.07) is 1.96. The van der Waals surface area contributed by atoms with E-state index in [2.05, 4.69) is 24.0 Å². The Balaban J connectivity index is 2.08. The van der Waals surface area contributed by atoms with E-state index in [0.717, 1.165) is 62.4 Å². The first-order valence-electron chi connectivity index (χ1n) is 9.83. The fourth-order valence-corrected chi connectivity index (χ4v) is 5.27. The van der Waals surface area contributed by atoms with Crippen LogP contribution in [0.1, 0.15) is 56.6 Å². The number of hydrogen-bond donors (Lipinski definition) is 2. The quantitative estimate of drug-likeness (QED) is 0.388. The second kappa shape index (κ2) is 8.67. The molecule has 29 heavy (non-hydrogen) atoms. The lowest BCUT2D eigenvalue weighted by atomic mass is 9.92. The molecule has 0 aliphatic heterocycles. The van der Waals surface area contributed by atoms with Crippen LogP contribution >= 0.6 is 22.9 Å². The summed E-state index contributed by atoms with van der Waals surface area (Å²) in [5.74, 6) is 1.96. The van der Waals surface area contributed by atoms with Gasteiger partial charge in [0.1, 0.15) is 17.3 Å². The number of aryl methyl sites for hydroxylation is 3. The normalized spacial score (nSPS) is 12.2. The number of H-pyrrole nitrogens is 1. The minimum Gasteiger partial charge on any atom is -0.361 e. The fourth-order valence-electron chi connectivity index (χ4n) is 3.65. The van der Waals surface area contributed by atoms with Gasteiger partial charge in [-0.2, -0.15) is 0 Å². The molecule has 0 bridgehead atoms. The molecule has 0 aliphatic carbocycles. The standard InChI is InChI=1S/C22H27ClN4OS/c1-7-15(8-2)16(9-11(3)24)22-25-13(5)20(26-22)21-17(23)10-18(29-21)19-12(4)27-28-14(19)6/h9-10,15,24H,7-8H2,1-6H3,(H,25,26)/b16-9-,24-11?. The number of imidazole rings is 1. The van der Waals surface area contributed by atoms with Crippen LogP contribution in [0.2, 0.25) is 5.02 Å². The Kier molecular flexibility index (Phi) is 6.44. The zero-order valence-electron chi connectivity index (χ0n) is 17.7. The molecule has 154 valence electrons. The van der Waals surface area contributed by atoms with Crippen molar-refractivity contribution in [1.29, 1.82) is 5.41 Å². The fraction of sp³-hybridized carbons (Fsp3) is 0.409. The largest absolute Gasteiger partial charge is 0.361 e. The maximum atomic E-state index is 7.95. The Hall–Kier alpha value is -2.18. The molecule has 3 rings (SSSR count). The summed E-state index contributed by atoms with van der Waals surface area (Å²) in [5, 5.41) is 12.7. The Morgan fingerprint density at radius 1 is 1.31 bits per heavy atom. The first-order valence-corrected chi connectivity index (χ1v) is 11.0. The molecule has 0 spiro atoms. The SMILES string of the molecule is CCC(CC)/C(=C/C(C)=N)c1nc(-c2sc(-c3c(C)noc3C)cc2Cl)c(C)[nH]1. The van der Waals surface area contributed by atoms with Gasteiger partial charge in [-0.3, -0.25) is 0 Å². The molecule has 2 N–H and O–H groups in total. The molecular weight excluding hydrogens is 404 g/mol. The van der Waals surface area contributed by atoms with Crippen molar-refractivity contribution in [2.45, 2.75) is 54.4 Å². The van der Waals surface area contributed by atoms with Gasteiger partial charge in [0, 0.05) is 16.3 Å². The van der Waals surface area contributed by atoms with Crippen LogP contribution in [0.3, 0.4) is 0 Å². The maximum Gasteiger partial charge on any atom is 0.142 e. The van der Waals surface area contributed by atoms with Gasteiger partial charge in [0.2, 0.25) is 0 Å². The first kappa shape index (κ1) is 21.5. The van der Waals surface area contributed by atoms with Crippen molar-refractivity contribution in [2.24, 2.45) is 5.92 Å². The average molecular weight is 431 g/mol. The molecule has 0 unspecified atom stereocenters. The Morgan fingerprint density at radius 3 is 2.55 bits per heavy atom. The topological polar surface area (TPSA) is 78.6 Å². The number of hydrogen-bond acceptors (Lipinski definition) is 5. The van der Waals surface area contributed by atoms with E-state index in [0.29, 0.717) is 16.7 Å². The predicted molar refractivity (Wildman–Crippen MR) is 122 cm³/mol. The molecule has 0 saturated carbocycles. The van der Waals surface area contributed by atoms with Crippen LogP contribution in [0.5, 0.6) is 0 Å². The highest BCUT2D eigenvalue weighted by Gasteiger charge is 2.22. The molecular formula is C22H27ClN4OS. The highest BCUT2D eigenvalue weighted by Crippen LogP contribution is 2.43. The lowest BCUT2D eigenvalue weighted by Gasteiger charge is -2.15. The maximum absolute atomic E-state index is 7.95. The molecule has 3 aromatic heterocycles. The van der Waals surface area contributed by atoms with E-state index in [1.54, 1.807) is 18.3 Å². The van der Waals surface area contributed by atoms with E-state index in [1.165, 1.54) is 0 Å². The van der Waals surface area contributed by atoms with Crippen LogP contribution in [0, 0.1) is 32.1 Å². The van der Waals surface area contributed by atoms with Crippen molar-refractivity contribution in [2.75, 3.05) is 0 Å². The number of rotatable bonds is 7. The zero-order chi connectivity index (χ0) is 21.3. The first-order chi connectivity index (χ1) is 13.8. The lowest BCUT2D eigenvalue weighted by Crippen LogP contribution is -2.04. The smallest absolute Gasteiger partial charge is 0.142 e. The van der Waals surface area contributed by atoms with E-state index in [1.807, 2.05) is 32.9 Å². The van der Waals surface area contributed by atoms with Gasteiger partial charge >= 0.3 is 0 Å². The Bertz CT molecular complexity index is 1050. The van der Waals surface area contributed by atoms with Crippen LogP contribution in [-0.2, 0) is 0 Å². The van der Waals surface area contributed by atoms with Gasteiger partial charge in [0.05, 0.1) is 21.2 Å². The summed E-state index contributed by atoms with van der Waals surface area (Å²) in [7, 11) is 0. The van der Waals surface area contributed by atoms with E-state index >= 15 is 0 Å². The second-order valence-corrected chi connectivity index (χ2v) is 8.80. The van der Waals surface area contributed by atoms with Crippen LogP contribution in [0.15, 0.2) is 16.7 Å². The van der Waals surface area contributed by atoms with Gasteiger partial charge in [-0.25, -0.2) is 4.98 Å². The molecule has 0 aromatic carbocycles. The number of aromatic nitrogens is 3. The Morgan fingerprint density at radius 2 is 2.00 bits per heavy atom. The van der Waals surface area contributed by atoms with E-state index < -0.39 is 0 Å². The molecule has 0 amide bonds. The van der Waals surface area contributed by atoms with Crippen molar-refractivity contribution in [3.63, 3.8) is 0 Å². The van der Waals surface area contributed by atoms with Gasteiger partial charge in [0.25, 0.3) is 0 Å². The summed E-state index contributed by atoms with van der Waals surface area (Å²) in [5.41, 5.74) is 5.27. The monoisotopic (exact) mass is 430 g/mol. The third-order valence-corrected chi connectivity index (χ3v) is 6.71. The average Bonchev–Trinajstić information content (AvgIpc) is 3.32. The van der Waals surface area contributed by atoms with E-state index in [-0.39, 0.29) is 0 Å². The van der Waals surface area contributed by atoms with E-state index in [9.17, 15) is 0 Å². The van der Waals surface area contributed by atoms with Gasteiger partial charge in [0.15, 0.2) is 0 Å². The summed E-state index contributed by atoms with van der Waals surface area (Å²) < 4.78 is 5.32. The Labute approximate surface area is 180 Å². The molecule has 7 heteroatoms. The van der Waals surface area contributed by atoms with Crippen molar-refractivity contribution in [1.82, 2.24) is 15.1 Å². The molecule has 3 heterocycles. The second-order valence-electron chi connectivity index (χ2n) is 7.34. The molecule has 0 radical (unpaired) electrons. The van der Waals surface area contributed by atoms with Crippen LogP contribution in [-0.4, -0.2) is 20.8 Å². The highest BCUT2D eigenvalue weighted by atomic mass is 35.5. The van der Waals surface area contributed by atoms with Gasteiger partial charge in [-0.05, 0) is 64.2 Å². The number of allylic oxidation sites excluding steroid dienone is 2. The van der Waals surface area contributed by atoms with Crippen LogP contribution < -0.4 is 0 Å². The van der Waals surface area contributed by atoms with Crippen molar-refractivity contribution < 1.29 is 4.52 Å². The van der Waals surface area contributed by atoms with Crippen LogP contribution in [0.4, 0.5) is 0 Å². The zero-order valence-corrected chi connectivity index (χ0v) is 19.3. The van der Waals surface area contributed by atoms with Crippen LogP contribution in [0.25, 0.3) is 26.6 Å². The molecule has 3 aromatic rings. The molecule has 0 fully saturated rings. The van der Waals surface area contributed by atoms with Gasteiger partial charge in [-0.1, -0.05) is 30.6 Å². The van der Waals surface area contributed by atoms with Crippen molar-refractivity contribution >= 4 is 34.2 Å². The number of nitrogens with one attached hydrogen (secondary N) is 2. The van der Waals surface area contributed by atoms with Gasteiger partial charge in [-0.15, -0.1) is 11.3 Å². The summed E-state index contributed by atoms with van der Waals surface area (Å²) in [4.78, 5) is 10.3. The van der Waals surface area contributed by atoms with Gasteiger partial charge < -0.3 is 14.9 Å². The lowest BCUT2D eigenvalue weighted by molar-refractivity contribution is 0.393. The molecule has 0 saturated heterocycles. The third-order valence-electron chi connectivity index (χ3n) is 5.14. The minimum absolute atomic E-state index is 0.352. The predicted octanol–water partition coefficient (Wildman–Crippen LogP) is 7.23. The summed E-state index contributed by atoms with van der Waals surface area (Å²) in [6.45, 7) is 12.0. The molecule has 5 nitrogen and oxygen atoms in total. The van der Waals surface area contributed by atoms with Crippen molar-refractivity contribution in [3.05, 3.63) is 40.1 Å². The number of aromatic amines is 1. The minimum atomic E-state index is 0.352. The third kappa shape index (κ3) is 4.23. The summed E-state index contributed by atoms with van der Waals surface area (Å²) >= 11 is 8.22. The number of halogens is 1. The molecule has 0 aliphatic rings.